The Hall–Kier alpha value is -2.74. The van der Waals surface area contributed by atoms with Crippen molar-refractivity contribution in [3.05, 3.63) is 78.4 Å². The zero-order valence-corrected chi connectivity index (χ0v) is 20.3. The van der Waals surface area contributed by atoms with Gasteiger partial charge in [-0.15, -0.1) is 0 Å². The molecule has 1 aromatic heterocycles. The van der Waals surface area contributed by atoms with Gasteiger partial charge in [-0.2, -0.15) is 0 Å². The minimum absolute atomic E-state index is 0.0447. The van der Waals surface area contributed by atoms with E-state index in [0.717, 1.165) is 31.4 Å². The van der Waals surface area contributed by atoms with Crippen LogP contribution in [0.2, 0.25) is 0 Å². The second kappa shape index (κ2) is 14.6. The monoisotopic (exact) mass is 481 g/mol. The maximum Gasteiger partial charge on any atom is 0.220 e. The Kier molecular flexibility index (Phi) is 11.2. The molecule has 1 aliphatic rings. The van der Waals surface area contributed by atoms with E-state index >= 15 is 0 Å². The number of carbonyl (C=O) groups excluding carboxylic acids is 1. The van der Waals surface area contributed by atoms with Crippen LogP contribution in [0.25, 0.3) is 0 Å². The van der Waals surface area contributed by atoms with Crippen molar-refractivity contribution in [3.63, 3.8) is 0 Å². The lowest BCUT2D eigenvalue weighted by Crippen LogP contribution is -2.25. The third-order valence-electron chi connectivity index (χ3n) is 6.66. The van der Waals surface area contributed by atoms with Crippen LogP contribution < -0.4 is 5.32 Å². The number of aromatic amines is 1. The fraction of sp³-hybridized carbons (Fsp3) is 0.500. The summed E-state index contributed by atoms with van der Waals surface area (Å²) in [6.45, 7) is 0.592. The molecule has 1 aromatic carbocycles. The fourth-order valence-corrected chi connectivity index (χ4v) is 4.62. The Morgan fingerprint density at radius 3 is 2.77 bits per heavy atom. The molecule has 5 N–H and O–H groups in total. The van der Waals surface area contributed by atoms with Gasteiger partial charge in [0.2, 0.25) is 5.91 Å². The summed E-state index contributed by atoms with van der Waals surface area (Å²) in [5.74, 6) is -0.213. The highest BCUT2D eigenvalue weighted by Gasteiger charge is 2.39. The number of hydrogen-bond donors (Lipinski definition) is 5. The van der Waals surface area contributed by atoms with Crippen molar-refractivity contribution in [3.8, 4) is 0 Å². The number of allylic oxidation sites excluding steroid dienone is 2. The number of aliphatic hydroxyl groups is 3. The van der Waals surface area contributed by atoms with Gasteiger partial charge in [0.25, 0.3) is 0 Å². The maximum absolute atomic E-state index is 11.9. The number of carbonyl (C=O) groups is 1. The van der Waals surface area contributed by atoms with E-state index in [4.69, 9.17) is 0 Å². The van der Waals surface area contributed by atoms with E-state index in [1.54, 1.807) is 18.6 Å². The smallest absolute Gasteiger partial charge is 0.220 e. The molecule has 35 heavy (non-hydrogen) atoms. The Morgan fingerprint density at radius 1 is 1.17 bits per heavy atom. The Bertz CT molecular complexity index is 914. The molecule has 1 saturated carbocycles. The molecule has 0 unspecified atom stereocenters. The second-order valence-electron chi connectivity index (χ2n) is 9.36. The van der Waals surface area contributed by atoms with Crippen molar-refractivity contribution >= 4 is 5.91 Å². The van der Waals surface area contributed by atoms with Gasteiger partial charge in [0.05, 0.1) is 24.6 Å². The van der Waals surface area contributed by atoms with Crippen molar-refractivity contribution in [2.75, 3.05) is 6.54 Å². The topological polar surface area (TPSA) is 118 Å². The molecule has 190 valence electrons. The van der Waals surface area contributed by atoms with E-state index in [2.05, 4.69) is 15.3 Å². The summed E-state index contributed by atoms with van der Waals surface area (Å²) in [5, 5.41) is 34.1. The number of rotatable bonds is 14. The molecule has 1 fully saturated rings. The molecular formula is C28H39N3O4. The van der Waals surface area contributed by atoms with E-state index in [0.29, 0.717) is 32.2 Å². The van der Waals surface area contributed by atoms with Gasteiger partial charge < -0.3 is 25.6 Å². The lowest BCUT2D eigenvalue weighted by atomic mass is 9.89. The number of aryl methyl sites for hydroxylation is 1. The quantitative estimate of drug-likeness (QED) is 0.210. The van der Waals surface area contributed by atoms with Gasteiger partial charge in [-0.05, 0) is 43.6 Å². The van der Waals surface area contributed by atoms with E-state index in [9.17, 15) is 20.1 Å². The van der Waals surface area contributed by atoms with E-state index in [-0.39, 0.29) is 17.7 Å². The summed E-state index contributed by atoms with van der Waals surface area (Å²) in [4.78, 5) is 18.9. The largest absolute Gasteiger partial charge is 0.393 e. The van der Waals surface area contributed by atoms with Crippen LogP contribution in [0.5, 0.6) is 0 Å². The molecule has 5 atom stereocenters. The van der Waals surface area contributed by atoms with Crippen molar-refractivity contribution in [2.24, 2.45) is 11.8 Å². The lowest BCUT2D eigenvalue weighted by Gasteiger charge is -2.19. The van der Waals surface area contributed by atoms with Gasteiger partial charge in [-0.3, -0.25) is 4.79 Å². The highest BCUT2D eigenvalue weighted by atomic mass is 16.3. The van der Waals surface area contributed by atoms with Gasteiger partial charge in [0.1, 0.15) is 0 Å². The number of unbranched alkanes of at least 4 members (excludes halogenated alkanes) is 1. The molecule has 0 aliphatic heterocycles. The molecule has 0 spiro atoms. The van der Waals surface area contributed by atoms with Gasteiger partial charge in [0, 0.05) is 43.6 Å². The minimum atomic E-state index is -0.605. The molecule has 0 radical (unpaired) electrons. The predicted octanol–water partition coefficient (Wildman–Crippen LogP) is 3.09. The van der Waals surface area contributed by atoms with Crippen LogP contribution in [-0.2, 0) is 17.6 Å². The number of imidazole rings is 1. The Labute approximate surface area is 208 Å². The van der Waals surface area contributed by atoms with Crippen LogP contribution in [0.4, 0.5) is 0 Å². The molecule has 0 saturated heterocycles. The maximum atomic E-state index is 11.9. The SMILES string of the molecule is O=C(CCCC=CC[C@@H]1[C@@H](C=C[C@@H](O)CCc2ccccc2)[C@H](O)C[C@@H]1O)NCCc1cnc[nH]1. The first kappa shape index (κ1) is 26.9. The highest BCUT2D eigenvalue weighted by molar-refractivity contribution is 5.75. The normalized spacial score (nSPS) is 23.3. The van der Waals surface area contributed by atoms with E-state index in [1.165, 1.54) is 5.56 Å². The summed E-state index contributed by atoms with van der Waals surface area (Å²) in [6.07, 6.45) is 14.5. The molecular weight excluding hydrogens is 442 g/mol. The highest BCUT2D eigenvalue weighted by Crippen LogP contribution is 2.36. The summed E-state index contributed by atoms with van der Waals surface area (Å²) < 4.78 is 0. The van der Waals surface area contributed by atoms with E-state index < -0.39 is 18.3 Å². The van der Waals surface area contributed by atoms with Gasteiger partial charge >= 0.3 is 0 Å². The molecule has 3 rings (SSSR count). The first-order valence-electron chi connectivity index (χ1n) is 12.7. The summed E-state index contributed by atoms with van der Waals surface area (Å²) >= 11 is 0. The number of nitrogens with zero attached hydrogens (tertiary/aromatic N) is 1. The first-order chi connectivity index (χ1) is 17.0. The number of H-pyrrole nitrogens is 1. The van der Waals surface area contributed by atoms with Crippen molar-refractivity contribution < 1.29 is 20.1 Å². The van der Waals surface area contributed by atoms with Crippen molar-refractivity contribution in [2.45, 2.75) is 69.7 Å². The number of nitrogens with one attached hydrogen (secondary N) is 2. The van der Waals surface area contributed by atoms with Crippen LogP contribution in [0.1, 0.15) is 49.8 Å². The minimum Gasteiger partial charge on any atom is -0.393 e. The number of hydrogen-bond acceptors (Lipinski definition) is 5. The van der Waals surface area contributed by atoms with Gasteiger partial charge in [0.15, 0.2) is 0 Å². The summed E-state index contributed by atoms with van der Waals surface area (Å²) in [5.41, 5.74) is 2.19. The molecule has 0 bridgehead atoms. The molecule has 1 heterocycles. The fourth-order valence-electron chi connectivity index (χ4n) is 4.62. The average molecular weight is 482 g/mol. The third kappa shape index (κ3) is 9.43. The zero-order valence-electron chi connectivity index (χ0n) is 20.3. The first-order valence-corrected chi connectivity index (χ1v) is 12.7. The summed E-state index contributed by atoms with van der Waals surface area (Å²) in [6, 6.07) is 10.1. The number of amides is 1. The van der Waals surface area contributed by atoms with Crippen molar-refractivity contribution in [1.29, 1.82) is 0 Å². The van der Waals surface area contributed by atoms with Crippen LogP contribution in [0, 0.1) is 11.8 Å². The molecule has 1 amide bonds. The van der Waals surface area contributed by atoms with Crippen LogP contribution >= 0.6 is 0 Å². The van der Waals surface area contributed by atoms with Crippen LogP contribution in [0.15, 0.2) is 67.2 Å². The second-order valence-corrected chi connectivity index (χ2v) is 9.36. The standard InChI is InChI=1S/C28H39N3O4/c32-23(13-12-21-8-4-3-5-9-21)14-15-25-24(26(33)18-27(25)34)10-6-1-2-7-11-28(35)30-17-16-22-19-29-20-31-22/h1,3-6,8-9,14-15,19-20,23-27,32-34H,2,7,10-13,16-18H2,(H,29,31)(H,30,35)/t23-,24+,25+,26-,27+/m0/s1. The predicted molar refractivity (Wildman–Crippen MR) is 136 cm³/mol. The lowest BCUT2D eigenvalue weighted by molar-refractivity contribution is -0.121. The molecule has 7 heteroatoms. The van der Waals surface area contributed by atoms with Crippen LogP contribution in [0.3, 0.4) is 0 Å². The number of benzene rings is 1. The van der Waals surface area contributed by atoms with Gasteiger partial charge in [-0.1, -0.05) is 54.6 Å². The molecule has 7 nitrogen and oxygen atoms in total. The average Bonchev–Trinajstić information content (AvgIpc) is 3.46. The molecule has 1 aliphatic carbocycles. The third-order valence-corrected chi connectivity index (χ3v) is 6.66. The van der Waals surface area contributed by atoms with Gasteiger partial charge in [-0.25, -0.2) is 4.98 Å². The molecule has 2 aromatic rings. The Morgan fingerprint density at radius 2 is 2.00 bits per heavy atom. The van der Waals surface area contributed by atoms with E-state index in [1.807, 2.05) is 48.6 Å². The Balaban J connectivity index is 1.34. The number of aromatic nitrogens is 2. The summed E-state index contributed by atoms with van der Waals surface area (Å²) in [7, 11) is 0. The zero-order chi connectivity index (χ0) is 24.9. The van der Waals surface area contributed by atoms with Crippen molar-refractivity contribution in [1.82, 2.24) is 15.3 Å². The number of aliphatic hydroxyl groups excluding tert-OH is 3. The van der Waals surface area contributed by atoms with Crippen LogP contribution in [-0.4, -0.2) is 56.1 Å².